The quantitative estimate of drug-likeness (QED) is 0.742. The minimum Gasteiger partial charge on any atom is -0.481 e. The van der Waals surface area contributed by atoms with Crippen molar-refractivity contribution < 1.29 is 14.7 Å². The molecule has 1 heterocycles. The van der Waals surface area contributed by atoms with Crippen molar-refractivity contribution in [1.29, 1.82) is 0 Å². The first kappa shape index (κ1) is 17.9. The second-order valence-corrected chi connectivity index (χ2v) is 8.54. The summed E-state index contributed by atoms with van der Waals surface area (Å²) in [5.74, 6) is -1.18. The molecular weight excluding hydrogens is 354 g/mol. The van der Waals surface area contributed by atoms with Crippen LogP contribution in [0, 0.1) is 5.41 Å². The van der Waals surface area contributed by atoms with E-state index in [9.17, 15) is 9.59 Å². The molecule has 1 amide bonds. The van der Waals surface area contributed by atoms with Gasteiger partial charge in [0.15, 0.2) is 0 Å². The number of nitrogens with one attached hydrogen (secondary N) is 1. The van der Waals surface area contributed by atoms with Gasteiger partial charge in [-0.2, -0.15) is 0 Å². The number of carbonyl (C=O) groups excluding carboxylic acids is 1. The molecule has 2 N–H and O–H groups in total. The SMILES string of the molecule is CC(C)(C)CC(CC(=O)O)NC(=O)/C=C/c1ccc(Br)s1. The topological polar surface area (TPSA) is 66.4 Å². The molecule has 0 aliphatic rings. The Morgan fingerprint density at radius 3 is 2.57 bits per heavy atom. The number of carboxylic acid groups (broad SMARTS) is 1. The Balaban J connectivity index is 2.62. The lowest BCUT2D eigenvalue weighted by Crippen LogP contribution is -2.38. The number of aliphatic carboxylic acids is 1. The fourth-order valence-corrected chi connectivity index (χ4v) is 3.28. The summed E-state index contributed by atoms with van der Waals surface area (Å²) in [6, 6.07) is 3.45. The minimum absolute atomic E-state index is 0.0459. The number of thiophene rings is 1. The van der Waals surface area contributed by atoms with Gasteiger partial charge in [0, 0.05) is 17.0 Å². The van der Waals surface area contributed by atoms with Crippen LogP contribution >= 0.6 is 27.3 Å². The molecule has 0 bridgehead atoms. The van der Waals surface area contributed by atoms with Crippen molar-refractivity contribution in [2.45, 2.75) is 39.7 Å². The van der Waals surface area contributed by atoms with E-state index in [1.807, 2.05) is 32.9 Å². The highest BCUT2D eigenvalue weighted by Gasteiger charge is 2.22. The molecule has 21 heavy (non-hydrogen) atoms. The maximum Gasteiger partial charge on any atom is 0.305 e. The number of carboxylic acids is 1. The van der Waals surface area contributed by atoms with Crippen molar-refractivity contribution in [3.8, 4) is 0 Å². The van der Waals surface area contributed by atoms with Crippen molar-refractivity contribution >= 4 is 45.2 Å². The van der Waals surface area contributed by atoms with E-state index < -0.39 is 5.97 Å². The highest BCUT2D eigenvalue weighted by molar-refractivity contribution is 9.11. The second-order valence-electron chi connectivity index (χ2n) is 6.04. The predicted molar refractivity (Wildman–Crippen MR) is 89.3 cm³/mol. The van der Waals surface area contributed by atoms with Crippen LogP contribution in [0.3, 0.4) is 0 Å². The Morgan fingerprint density at radius 2 is 2.10 bits per heavy atom. The van der Waals surface area contributed by atoms with E-state index in [0.29, 0.717) is 6.42 Å². The molecule has 6 heteroatoms. The lowest BCUT2D eigenvalue weighted by Gasteiger charge is -2.25. The molecule has 1 rings (SSSR count). The van der Waals surface area contributed by atoms with E-state index >= 15 is 0 Å². The molecule has 116 valence electrons. The zero-order valence-electron chi connectivity index (χ0n) is 12.4. The predicted octanol–water partition coefficient (Wildman–Crippen LogP) is 3.92. The molecule has 1 unspecified atom stereocenters. The lowest BCUT2D eigenvalue weighted by molar-refractivity contribution is -0.137. The molecule has 1 aromatic rings. The molecule has 0 aliphatic carbocycles. The Hall–Kier alpha value is -1.14. The first-order valence-corrected chi connectivity index (χ1v) is 8.22. The molecule has 0 saturated carbocycles. The fraction of sp³-hybridized carbons (Fsp3) is 0.467. The summed E-state index contributed by atoms with van der Waals surface area (Å²) in [7, 11) is 0. The van der Waals surface area contributed by atoms with Gasteiger partial charge in [-0.1, -0.05) is 20.8 Å². The van der Waals surface area contributed by atoms with Crippen LogP contribution in [0.2, 0.25) is 0 Å². The monoisotopic (exact) mass is 373 g/mol. The Bertz CT molecular complexity index is 531. The van der Waals surface area contributed by atoms with Crippen molar-refractivity contribution in [2.24, 2.45) is 5.41 Å². The number of hydrogen-bond donors (Lipinski definition) is 2. The third-order valence-corrected chi connectivity index (χ3v) is 4.21. The molecule has 0 fully saturated rings. The third kappa shape index (κ3) is 8.02. The van der Waals surface area contributed by atoms with Crippen LogP contribution in [0.15, 0.2) is 22.0 Å². The summed E-state index contributed by atoms with van der Waals surface area (Å²) in [5, 5.41) is 11.7. The van der Waals surface area contributed by atoms with Gasteiger partial charge in [0.05, 0.1) is 10.2 Å². The average molecular weight is 374 g/mol. The molecule has 0 spiro atoms. The minimum atomic E-state index is -0.907. The molecule has 0 saturated heterocycles. The lowest BCUT2D eigenvalue weighted by atomic mass is 9.87. The van der Waals surface area contributed by atoms with E-state index in [0.717, 1.165) is 8.66 Å². The normalized spacial score (nSPS) is 13.3. The highest BCUT2D eigenvalue weighted by atomic mass is 79.9. The molecular formula is C15H20BrNO3S. The largest absolute Gasteiger partial charge is 0.481 e. The van der Waals surface area contributed by atoms with Gasteiger partial charge in [-0.15, -0.1) is 11.3 Å². The van der Waals surface area contributed by atoms with Gasteiger partial charge < -0.3 is 10.4 Å². The number of hydrogen-bond acceptors (Lipinski definition) is 3. The van der Waals surface area contributed by atoms with E-state index in [2.05, 4.69) is 21.2 Å². The van der Waals surface area contributed by atoms with Gasteiger partial charge in [0.25, 0.3) is 0 Å². The second kappa shape index (κ2) is 7.75. The number of halogens is 1. The highest BCUT2D eigenvalue weighted by Crippen LogP contribution is 2.23. The summed E-state index contributed by atoms with van der Waals surface area (Å²) in [6.07, 6.45) is 3.71. The summed E-state index contributed by atoms with van der Waals surface area (Å²) >= 11 is 4.88. The van der Waals surface area contributed by atoms with E-state index in [-0.39, 0.29) is 23.8 Å². The third-order valence-electron chi connectivity index (χ3n) is 2.62. The summed E-state index contributed by atoms with van der Waals surface area (Å²) in [4.78, 5) is 23.8. The average Bonchev–Trinajstić information content (AvgIpc) is 2.69. The number of carbonyl (C=O) groups is 2. The van der Waals surface area contributed by atoms with Gasteiger partial charge in [-0.05, 0) is 46.0 Å². The summed E-state index contributed by atoms with van der Waals surface area (Å²) < 4.78 is 0.999. The van der Waals surface area contributed by atoms with Crippen molar-refractivity contribution in [3.63, 3.8) is 0 Å². The van der Waals surface area contributed by atoms with Crippen LogP contribution in [0.5, 0.6) is 0 Å². The van der Waals surface area contributed by atoms with Crippen LogP contribution in [-0.2, 0) is 9.59 Å². The van der Waals surface area contributed by atoms with E-state index in [4.69, 9.17) is 5.11 Å². The van der Waals surface area contributed by atoms with Gasteiger partial charge in [0.1, 0.15) is 0 Å². The van der Waals surface area contributed by atoms with Crippen LogP contribution < -0.4 is 5.32 Å². The van der Waals surface area contributed by atoms with Crippen molar-refractivity contribution in [2.75, 3.05) is 0 Å². The zero-order valence-corrected chi connectivity index (χ0v) is 14.8. The fourth-order valence-electron chi connectivity index (χ4n) is 1.95. The zero-order chi connectivity index (χ0) is 16.0. The van der Waals surface area contributed by atoms with Gasteiger partial charge >= 0.3 is 5.97 Å². The maximum absolute atomic E-state index is 11.9. The van der Waals surface area contributed by atoms with Crippen LogP contribution in [-0.4, -0.2) is 23.0 Å². The van der Waals surface area contributed by atoms with Crippen molar-refractivity contribution in [1.82, 2.24) is 5.32 Å². The summed E-state index contributed by atoms with van der Waals surface area (Å²) in [6.45, 7) is 6.06. The standard InChI is InChI=1S/C15H20BrNO3S/c1-15(2,3)9-10(8-14(19)20)17-13(18)7-5-11-4-6-12(16)21-11/h4-7,10H,8-9H2,1-3H3,(H,17,18)(H,19,20)/b7-5+. The van der Waals surface area contributed by atoms with Crippen LogP contribution in [0.1, 0.15) is 38.5 Å². The molecule has 0 radical (unpaired) electrons. The first-order valence-electron chi connectivity index (χ1n) is 6.61. The molecule has 0 aliphatic heterocycles. The van der Waals surface area contributed by atoms with Crippen LogP contribution in [0.25, 0.3) is 6.08 Å². The summed E-state index contributed by atoms with van der Waals surface area (Å²) in [5.41, 5.74) is -0.0459. The van der Waals surface area contributed by atoms with Gasteiger partial charge in [0.2, 0.25) is 5.91 Å². The molecule has 0 aromatic carbocycles. The van der Waals surface area contributed by atoms with Gasteiger partial charge in [-0.3, -0.25) is 9.59 Å². The smallest absolute Gasteiger partial charge is 0.305 e. The first-order chi connectivity index (χ1) is 9.65. The molecule has 1 aromatic heterocycles. The Morgan fingerprint density at radius 1 is 1.43 bits per heavy atom. The number of rotatable bonds is 6. The van der Waals surface area contributed by atoms with E-state index in [1.54, 1.807) is 6.08 Å². The molecule has 1 atom stereocenters. The number of amides is 1. The Kier molecular flexibility index (Phi) is 6.61. The maximum atomic E-state index is 11.9. The van der Waals surface area contributed by atoms with Crippen LogP contribution in [0.4, 0.5) is 0 Å². The molecule has 4 nitrogen and oxygen atoms in total. The van der Waals surface area contributed by atoms with E-state index in [1.165, 1.54) is 17.4 Å². The van der Waals surface area contributed by atoms with Gasteiger partial charge in [-0.25, -0.2) is 0 Å². The van der Waals surface area contributed by atoms with Crippen molar-refractivity contribution in [3.05, 3.63) is 26.9 Å². The Labute approximate surface area is 137 Å².